The van der Waals surface area contributed by atoms with Crippen LogP contribution in [0.15, 0.2) is 30.3 Å². The van der Waals surface area contributed by atoms with Gasteiger partial charge in [0.1, 0.15) is 0 Å². The normalized spacial score (nSPS) is 14.7. The minimum Gasteiger partial charge on any atom is -0.356 e. The van der Waals surface area contributed by atoms with Crippen LogP contribution in [-0.4, -0.2) is 25.7 Å². The molecule has 6 heteroatoms. The molecular formula is C14H18F3NO2. The van der Waals surface area contributed by atoms with Gasteiger partial charge in [0.25, 0.3) is 11.5 Å². The van der Waals surface area contributed by atoms with Crippen LogP contribution in [0.5, 0.6) is 0 Å². The number of methoxy groups -OCH3 is 1. The number of alkyl halides is 3. The Bertz CT molecular complexity index is 434. The van der Waals surface area contributed by atoms with Gasteiger partial charge in [-0.05, 0) is 6.42 Å². The lowest BCUT2D eigenvalue weighted by Gasteiger charge is -2.33. The standard InChI is InChI=1S/C14H18F3NO2/c1-3-4-10-18-12(19)13(20-2,14(15,16)17)11-8-6-5-7-9-11/h5-9H,3-4,10H2,1-2H3,(H,18,19)/t13-/m0/s1. The van der Waals surface area contributed by atoms with Gasteiger partial charge in [-0.3, -0.25) is 4.79 Å². The summed E-state index contributed by atoms with van der Waals surface area (Å²) in [5.41, 5.74) is -3.20. The molecule has 1 aromatic rings. The largest absolute Gasteiger partial charge is 0.430 e. The van der Waals surface area contributed by atoms with Gasteiger partial charge in [-0.2, -0.15) is 13.2 Å². The summed E-state index contributed by atoms with van der Waals surface area (Å²) in [5.74, 6) is -1.19. The number of hydrogen-bond donors (Lipinski definition) is 1. The number of carbonyl (C=O) groups excluding carboxylic acids is 1. The summed E-state index contributed by atoms with van der Waals surface area (Å²) in [7, 11) is 0.889. The molecule has 0 aliphatic rings. The number of halogens is 3. The zero-order valence-corrected chi connectivity index (χ0v) is 11.5. The van der Waals surface area contributed by atoms with Crippen molar-refractivity contribution in [3.63, 3.8) is 0 Å². The van der Waals surface area contributed by atoms with E-state index in [0.29, 0.717) is 6.42 Å². The third-order valence-corrected chi connectivity index (χ3v) is 3.02. The van der Waals surface area contributed by atoms with Crippen LogP contribution in [0, 0.1) is 0 Å². The topological polar surface area (TPSA) is 38.3 Å². The van der Waals surface area contributed by atoms with Crippen LogP contribution in [0.25, 0.3) is 0 Å². The van der Waals surface area contributed by atoms with Gasteiger partial charge in [0.2, 0.25) is 0 Å². The van der Waals surface area contributed by atoms with Crippen LogP contribution in [0.1, 0.15) is 25.3 Å². The summed E-state index contributed by atoms with van der Waals surface area (Å²) in [6, 6.07) is 6.92. The second kappa shape index (κ2) is 6.74. The lowest BCUT2D eigenvalue weighted by atomic mass is 9.91. The molecule has 0 bridgehead atoms. The minimum absolute atomic E-state index is 0.184. The van der Waals surface area contributed by atoms with Crippen LogP contribution in [0.2, 0.25) is 0 Å². The predicted molar refractivity (Wildman–Crippen MR) is 69.1 cm³/mol. The number of nitrogens with one attached hydrogen (secondary N) is 1. The zero-order chi connectivity index (χ0) is 15.2. The lowest BCUT2D eigenvalue weighted by molar-refractivity contribution is -0.265. The summed E-state index contributed by atoms with van der Waals surface area (Å²) in [6.07, 6.45) is -3.46. The summed E-state index contributed by atoms with van der Waals surface area (Å²) >= 11 is 0. The van der Waals surface area contributed by atoms with Gasteiger partial charge in [-0.25, -0.2) is 0 Å². The fraction of sp³-hybridized carbons (Fsp3) is 0.500. The highest BCUT2D eigenvalue weighted by Crippen LogP contribution is 2.42. The number of rotatable bonds is 6. The first-order chi connectivity index (χ1) is 9.40. The van der Waals surface area contributed by atoms with Gasteiger partial charge in [0.05, 0.1) is 0 Å². The van der Waals surface area contributed by atoms with Crippen LogP contribution in [0.3, 0.4) is 0 Å². The highest BCUT2D eigenvalue weighted by Gasteiger charge is 2.62. The van der Waals surface area contributed by atoms with E-state index in [1.807, 2.05) is 6.92 Å². The van der Waals surface area contributed by atoms with Gasteiger partial charge in [0, 0.05) is 19.2 Å². The molecule has 0 aromatic heterocycles. The van der Waals surface area contributed by atoms with Gasteiger partial charge in [-0.1, -0.05) is 43.7 Å². The molecule has 3 nitrogen and oxygen atoms in total. The van der Waals surface area contributed by atoms with Gasteiger partial charge >= 0.3 is 6.18 Å². The monoisotopic (exact) mass is 289 g/mol. The Morgan fingerprint density at radius 3 is 2.30 bits per heavy atom. The van der Waals surface area contributed by atoms with Gasteiger partial charge in [-0.15, -0.1) is 0 Å². The van der Waals surface area contributed by atoms with Crippen molar-refractivity contribution in [3.05, 3.63) is 35.9 Å². The maximum Gasteiger partial charge on any atom is 0.430 e. The van der Waals surface area contributed by atoms with Crippen molar-refractivity contribution in [1.82, 2.24) is 5.32 Å². The summed E-state index contributed by atoms with van der Waals surface area (Å²) in [5, 5.41) is 2.30. The molecule has 0 fully saturated rings. The highest BCUT2D eigenvalue weighted by atomic mass is 19.4. The quantitative estimate of drug-likeness (QED) is 0.818. The highest BCUT2D eigenvalue weighted by molar-refractivity contribution is 5.87. The first-order valence-electron chi connectivity index (χ1n) is 6.35. The Morgan fingerprint density at radius 2 is 1.85 bits per heavy atom. The molecule has 1 aromatic carbocycles. The van der Waals surface area contributed by atoms with E-state index in [0.717, 1.165) is 13.5 Å². The van der Waals surface area contributed by atoms with Crippen molar-refractivity contribution in [2.24, 2.45) is 0 Å². The molecule has 1 rings (SSSR count). The summed E-state index contributed by atoms with van der Waals surface area (Å²) < 4.78 is 44.9. The van der Waals surface area contributed by atoms with E-state index in [9.17, 15) is 18.0 Å². The number of amides is 1. The molecule has 0 aliphatic carbocycles. The number of ether oxygens (including phenoxy) is 1. The van der Waals surface area contributed by atoms with E-state index in [2.05, 4.69) is 10.1 Å². The first-order valence-corrected chi connectivity index (χ1v) is 6.35. The molecule has 112 valence electrons. The van der Waals surface area contributed by atoms with Crippen molar-refractivity contribution in [1.29, 1.82) is 0 Å². The molecule has 0 aliphatic heterocycles. The lowest BCUT2D eigenvalue weighted by Crippen LogP contribution is -2.55. The Kier molecular flexibility index (Phi) is 5.56. The van der Waals surface area contributed by atoms with Crippen LogP contribution >= 0.6 is 0 Å². The number of benzene rings is 1. The van der Waals surface area contributed by atoms with Crippen LogP contribution < -0.4 is 5.32 Å². The average molecular weight is 289 g/mol. The molecule has 0 spiro atoms. The van der Waals surface area contributed by atoms with Crippen LogP contribution in [-0.2, 0) is 15.1 Å². The maximum absolute atomic E-state index is 13.4. The molecule has 20 heavy (non-hydrogen) atoms. The van der Waals surface area contributed by atoms with E-state index in [1.165, 1.54) is 24.3 Å². The fourth-order valence-electron chi connectivity index (χ4n) is 1.93. The molecule has 0 saturated carbocycles. The number of hydrogen-bond acceptors (Lipinski definition) is 2. The third-order valence-electron chi connectivity index (χ3n) is 3.02. The minimum atomic E-state index is -4.85. The van der Waals surface area contributed by atoms with E-state index < -0.39 is 17.7 Å². The number of unbranched alkanes of at least 4 members (excludes halogenated alkanes) is 1. The van der Waals surface area contributed by atoms with Crippen molar-refractivity contribution in [2.75, 3.05) is 13.7 Å². The summed E-state index contributed by atoms with van der Waals surface area (Å²) in [4.78, 5) is 12.1. The van der Waals surface area contributed by atoms with Gasteiger partial charge in [0.15, 0.2) is 0 Å². The fourth-order valence-corrected chi connectivity index (χ4v) is 1.93. The Hall–Kier alpha value is -1.56. The summed E-state index contributed by atoms with van der Waals surface area (Å²) in [6.45, 7) is 2.07. The van der Waals surface area contributed by atoms with Crippen molar-refractivity contribution < 1.29 is 22.7 Å². The average Bonchev–Trinajstić information content (AvgIpc) is 2.40. The smallest absolute Gasteiger partial charge is 0.356 e. The van der Waals surface area contributed by atoms with E-state index in [4.69, 9.17) is 0 Å². The predicted octanol–water partition coefficient (Wildman–Crippen LogP) is 3.01. The molecule has 0 heterocycles. The number of carbonyl (C=O) groups is 1. The van der Waals surface area contributed by atoms with E-state index >= 15 is 0 Å². The molecule has 1 N–H and O–H groups in total. The molecule has 1 atom stereocenters. The molecule has 1 amide bonds. The van der Waals surface area contributed by atoms with E-state index in [-0.39, 0.29) is 12.1 Å². The van der Waals surface area contributed by atoms with Crippen molar-refractivity contribution >= 4 is 5.91 Å². The molecule has 0 radical (unpaired) electrons. The first kappa shape index (κ1) is 16.5. The van der Waals surface area contributed by atoms with Gasteiger partial charge < -0.3 is 10.1 Å². The van der Waals surface area contributed by atoms with E-state index in [1.54, 1.807) is 6.07 Å². The second-order valence-corrected chi connectivity index (χ2v) is 4.36. The van der Waals surface area contributed by atoms with Crippen molar-refractivity contribution in [3.8, 4) is 0 Å². The molecular weight excluding hydrogens is 271 g/mol. The Morgan fingerprint density at radius 1 is 1.25 bits per heavy atom. The zero-order valence-electron chi connectivity index (χ0n) is 11.5. The Balaban J connectivity index is 3.17. The molecule has 0 saturated heterocycles. The Labute approximate surface area is 116 Å². The van der Waals surface area contributed by atoms with Crippen LogP contribution in [0.4, 0.5) is 13.2 Å². The third kappa shape index (κ3) is 3.12. The SMILES string of the molecule is CCCCNC(=O)[C@@](OC)(c1ccccc1)C(F)(F)F. The second-order valence-electron chi connectivity index (χ2n) is 4.36. The molecule has 0 unspecified atom stereocenters. The van der Waals surface area contributed by atoms with Crippen molar-refractivity contribution in [2.45, 2.75) is 31.5 Å². The maximum atomic E-state index is 13.4.